The van der Waals surface area contributed by atoms with E-state index in [0.717, 1.165) is 11.1 Å². The Morgan fingerprint density at radius 3 is 2.29 bits per heavy atom. The van der Waals surface area contributed by atoms with E-state index >= 15 is 0 Å². The molecule has 0 aromatic heterocycles. The summed E-state index contributed by atoms with van der Waals surface area (Å²) in [5.41, 5.74) is 2.19. The lowest BCUT2D eigenvalue weighted by atomic mass is 9.95. The highest BCUT2D eigenvalue weighted by Crippen LogP contribution is 2.40. The summed E-state index contributed by atoms with van der Waals surface area (Å²) < 4.78 is 5.52. The molecule has 1 aliphatic rings. The van der Waals surface area contributed by atoms with Gasteiger partial charge in [-0.25, -0.2) is 0 Å². The van der Waals surface area contributed by atoms with Crippen molar-refractivity contribution in [1.29, 1.82) is 0 Å². The number of rotatable bonds is 6. The topological polar surface area (TPSA) is 66.8 Å². The summed E-state index contributed by atoms with van der Waals surface area (Å²) in [6.45, 7) is 2.62. The minimum Gasteiger partial charge on any atom is -0.507 e. The van der Waals surface area contributed by atoms with Crippen LogP contribution in [0.1, 0.15) is 29.7 Å². The number of aliphatic hydroxyl groups excluding tert-OH is 1. The van der Waals surface area contributed by atoms with E-state index in [1.165, 1.54) is 4.90 Å². The molecule has 0 spiro atoms. The Morgan fingerprint density at radius 2 is 1.61 bits per heavy atom. The molecule has 5 heteroatoms. The van der Waals surface area contributed by atoms with Crippen molar-refractivity contribution < 1.29 is 19.4 Å². The molecule has 0 radical (unpaired) electrons. The van der Waals surface area contributed by atoms with Crippen molar-refractivity contribution in [1.82, 2.24) is 4.90 Å². The first kappa shape index (κ1) is 20.4. The van der Waals surface area contributed by atoms with Crippen LogP contribution < -0.4 is 4.74 Å². The van der Waals surface area contributed by atoms with Crippen LogP contribution in [-0.4, -0.2) is 28.3 Å². The number of aliphatic hydroxyl groups is 1. The number of carbonyl (C=O) groups excluding carboxylic acids is 2. The zero-order chi connectivity index (χ0) is 21.8. The van der Waals surface area contributed by atoms with E-state index in [0.29, 0.717) is 17.9 Å². The van der Waals surface area contributed by atoms with Crippen LogP contribution in [0, 0.1) is 0 Å². The van der Waals surface area contributed by atoms with Crippen molar-refractivity contribution in [3.05, 3.63) is 107 Å². The number of amides is 1. The van der Waals surface area contributed by atoms with Gasteiger partial charge in [-0.3, -0.25) is 9.59 Å². The molecule has 0 saturated carbocycles. The molecule has 1 unspecified atom stereocenters. The summed E-state index contributed by atoms with van der Waals surface area (Å²) in [7, 11) is 0. The zero-order valence-corrected chi connectivity index (χ0v) is 17.2. The molecular formula is C26H23NO4. The summed E-state index contributed by atoms with van der Waals surface area (Å²) in [6.07, 6.45) is 0. The fourth-order valence-corrected chi connectivity index (χ4v) is 3.86. The second-order valence-corrected chi connectivity index (χ2v) is 7.28. The Hall–Kier alpha value is -3.86. The first-order chi connectivity index (χ1) is 15.1. The molecule has 0 aliphatic carbocycles. The van der Waals surface area contributed by atoms with Crippen LogP contribution in [0.25, 0.3) is 5.76 Å². The predicted octanol–water partition coefficient (Wildman–Crippen LogP) is 4.71. The maximum Gasteiger partial charge on any atom is 0.295 e. The largest absolute Gasteiger partial charge is 0.507 e. The molecule has 1 saturated heterocycles. The van der Waals surface area contributed by atoms with Crippen LogP contribution in [0.4, 0.5) is 0 Å². The molecule has 4 rings (SSSR count). The number of ketones is 1. The molecule has 1 atom stereocenters. The second-order valence-electron chi connectivity index (χ2n) is 7.28. The van der Waals surface area contributed by atoms with E-state index in [1.807, 2.05) is 67.6 Å². The SMILES string of the molecule is CCOc1cccc(/C(O)=C2\C(=O)C(=O)N(Cc3ccccc3)C2c2ccccc2)c1. The van der Waals surface area contributed by atoms with Gasteiger partial charge in [0.1, 0.15) is 11.5 Å². The molecule has 0 bridgehead atoms. The van der Waals surface area contributed by atoms with E-state index in [9.17, 15) is 14.7 Å². The van der Waals surface area contributed by atoms with Gasteiger partial charge in [0.15, 0.2) is 0 Å². The van der Waals surface area contributed by atoms with Gasteiger partial charge in [-0.1, -0.05) is 72.8 Å². The fourth-order valence-electron chi connectivity index (χ4n) is 3.86. The van der Waals surface area contributed by atoms with Crippen molar-refractivity contribution in [2.75, 3.05) is 6.61 Å². The molecule has 1 N–H and O–H groups in total. The van der Waals surface area contributed by atoms with Gasteiger partial charge in [0.2, 0.25) is 0 Å². The van der Waals surface area contributed by atoms with Crippen molar-refractivity contribution in [3.8, 4) is 5.75 Å². The number of ether oxygens (including phenoxy) is 1. The maximum atomic E-state index is 13.1. The smallest absolute Gasteiger partial charge is 0.295 e. The zero-order valence-electron chi connectivity index (χ0n) is 17.2. The molecule has 1 heterocycles. The monoisotopic (exact) mass is 413 g/mol. The van der Waals surface area contributed by atoms with Crippen molar-refractivity contribution in [2.45, 2.75) is 19.5 Å². The Balaban J connectivity index is 1.83. The third-order valence-corrected chi connectivity index (χ3v) is 5.27. The van der Waals surface area contributed by atoms with Crippen LogP contribution in [-0.2, 0) is 16.1 Å². The number of hydrogen-bond acceptors (Lipinski definition) is 4. The lowest BCUT2D eigenvalue weighted by molar-refractivity contribution is -0.140. The Labute approximate surface area is 181 Å². The van der Waals surface area contributed by atoms with Gasteiger partial charge < -0.3 is 14.7 Å². The highest BCUT2D eigenvalue weighted by Gasteiger charge is 2.46. The fraction of sp³-hybridized carbons (Fsp3) is 0.154. The first-order valence-electron chi connectivity index (χ1n) is 10.2. The Kier molecular flexibility index (Phi) is 5.85. The summed E-state index contributed by atoms with van der Waals surface area (Å²) in [4.78, 5) is 27.6. The molecule has 1 amide bonds. The summed E-state index contributed by atoms with van der Waals surface area (Å²) in [6, 6.07) is 25.0. The maximum absolute atomic E-state index is 13.1. The van der Waals surface area contributed by atoms with Crippen LogP contribution in [0.3, 0.4) is 0 Å². The van der Waals surface area contributed by atoms with Gasteiger partial charge in [-0.15, -0.1) is 0 Å². The quantitative estimate of drug-likeness (QED) is 0.361. The highest BCUT2D eigenvalue weighted by atomic mass is 16.5. The number of nitrogens with zero attached hydrogens (tertiary/aromatic N) is 1. The molecule has 3 aromatic carbocycles. The number of benzene rings is 3. The van der Waals surface area contributed by atoms with Gasteiger partial charge >= 0.3 is 0 Å². The average Bonchev–Trinajstić information content (AvgIpc) is 3.05. The third-order valence-electron chi connectivity index (χ3n) is 5.27. The third kappa shape index (κ3) is 4.08. The summed E-state index contributed by atoms with van der Waals surface area (Å²) in [5, 5.41) is 11.1. The number of hydrogen-bond donors (Lipinski definition) is 1. The van der Waals surface area contributed by atoms with Gasteiger partial charge in [0.25, 0.3) is 11.7 Å². The lowest BCUT2D eigenvalue weighted by Crippen LogP contribution is -2.29. The minimum absolute atomic E-state index is 0.0841. The van der Waals surface area contributed by atoms with E-state index in [1.54, 1.807) is 24.3 Å². The van der Waals surface area contributed by atoms with E-state index in [2.05, 4.69) is 0 Å². The number of carbonyl (C=O) groups is 2. The van der Waals surface area contributed by atoms with Gasteiger partial charge in [0, 0.05) is 12.1 Å². The Bertz CT molecular complexity index is 1120. The van der Waals surface area contributed by atoms with Crippen molar-refractivity contribution in [2.24, 2.45) is 0 Å². The van der Waals surface area contributed by atoms with Gasteiger partial charge in [0.05, 0.1) is 18.2 Å². The first-order valence-corrected chi connectivity index (χ1v) is 10.2. The standard InChI is InChI=1S/C26H23NO4/c1-2-31-21-15-9-14-20(16-21)24(28)22-23(19-12-7-4-8-13-19)27(26(30)25(22)29)17-18-10-5-3-6-11-18/h3-16,23,28H,2,17H2,1H3/b24-22+. The number of Topliss-reactive ketones (excluding diaryl/α,β-unsaturated/α-hetero) is 1. The normalized spacial score (nSPS) is 17.7. The van der Waals surface area contributed by atoms with Crippen LogP contribution >= 0.6 is 0 Å². The molecule has 3 aromatic rings. The average molecular weight is 413 g/mol. The van der Waals surface area contributed by atoms with Crippen LogP contribution in [0.15, 0.2) is 90.5 Å². The lowest BCUT2D eigenvalue weighted by Gasteiger charge is -2.25. The Morgan fingerprint density at radius 1 is 0.935 bits per heavy atom. The van der Waals surface area contributed by atoms with Gasteiger partial charge in [-0.2, -0.15) is 0 Å². The molecule has 1 fully saturated rings. The van der Waals surface area contributed by atoms with E-state index in [4.69, 9.17) is 4.74 Å². The summed E-state index contributed by atoms with van der Waals surface area (Å²) in [5.74, 6) is -0.935. The molecule has 1 aliphatic heterocycles. The molecular weight excluding hydrogens is 390 g/mol. The molecule has 31 heavy (non-hydrogen) atoms. The predicted molar refractivity (Wildman–Crippen MR) is 118 cm³/mol. The van der Waals surface area contributed by atoms with Crippen LogP contribution in [0.5, 0.6) is 5.75 Å². The number of likely N-dealkylation sites (tertiary alicyclic amines) is 1. The summed E-state index contributed by atoms with van der Waals surface area (Å²) >= 11 is 0. The van der Waals surface area contributed by atoms with Crippen LogP contribution in [0.2, 0.25) is 0 Å². The molecule has 156 valence electrons. The minimum atomic E-state index is -0.691. The van der Waals surface area contributed by atoms with Crippen molar-refractivity contribution in [3.63, 3.8) is 0 Å². The van der Waals surface area contributed by atoms with E-state index < -0.39 is 17.7 Å². The molecule has 5 nitrogen and oxygen atoms in total. The van der Waals surface area contributed by atoms with Crippen molar-refractivity contribution >= 4 is 17.4 Å². The van der Waals surface area contributed by atoms with E-state index in [-0.39, 0.29) is 17.9 Å². The second kappa shape index (κ2) is 8.88. The van der Waals surface area contributed by atoms with Gasteiger partial charge in [-0.05, 0) is 30.2 Å². The highest BCUT2D eigenvalue weighted by molar-refractivity contribution is 6.46.